The highest BCUT2D eigenvalue weighted by molar-refractivity contribution is 6.31. The monoisotopic (exact) mass is 231 g/mol. The first-order chi connectivity index (χ1) is 7.11. The maximum atomic E-state index is 10.8. The summed E-state index contributed by atoms with van der Waals surface area (Å²) in [7, 11) is 0. The van der Waals surface area contributed by atoms with E-state index in [1.54, 1.807) is 0 Å². The highest BCUT2D eigenvalue weighted by Crippen LogP contribution is 2.28. The van der Waals surface area contributed by atoms with E-state index in [2.05, 4.69) is 5.10 Å². The molecule has 0 bridgehead atoms. The Labute approximate surface area is 93.2 Å². The van der Waals surface area contributed by atoms with E-state index in [1.807, 2.05) is 13.8 Å². The van der Waals surface area contributed by atoms with E-state index in [-0.39, 0.29) is 10.8 Å². The number of rotatable bonds is 5. The first kappa shape index (κ1) is 12.0. The number of aromatic nitrogens is 2. The van der Waals surface area contributed by atoms with E-state index < -0.39 is 4.92 Å². The number of hydrogen-bond acceptors (Lipinski definition) is 3. The first-order valence-electron chi connectivity index (χ1n) is 5.01. The molecular formula is C9H14ClN3O2. The van der Waals surface area contributed by atoms with Gasteiger partial charge >= 0.3 is 5.69 Å². The van der Waals surface area contributed by atoms with Crippen molar-refractivity contribution < 1.29 is 4.92 Å². The second kappa shape index (κ2) is 5.11. The van der Waals surface area contributed by atoms with Gasteiger partial charge < -0.3 is 0 Å². The third kappa shape index (κ3) is 2.47. The summed E-state index contributed by atoms with van der Waals surface area (Å²) < 4.78 is 1.52. The summed E-state index contributed by atoms with van der Waals surface area (Å²) in [6, 6.07) is 0. The van der Waals surface area contributed by atoms with Gasteiger partial charge in [0.05, 0.1) is 4.92 Å². The summed E-state index contributed by atoms with van der Waals surface area (Å²) in [5, 5.41) is 15.0. The fraction of sp³-hybridized carbons (Fsp3) is 0.667. The minimum absolute atomic E-state index is 0.0460. The Morgan fingerprint density at radius 3 is 2.60 bits per heavy atom. The van der Waals surface area contributed by atoms with Crippen molar-refractivity contribution in [2.45, 2.75) is 39.7 Å². The molecule has 1 rings (SSSR count). The summed E-state index contributed by atoms with van der Waals surface area (Å²) in [6.45, 7) is 4.51. The zero-order valence-electron chi connectivity index (χ0n) is 8.86. The molecule has 0 aliphatic carbocycles. The Morgan fingerprint density at radius 2 is 2.20 bits per heavy atom. The van der Waals surface area contributed by atoms with Gasteiger partial charge in [-0.2, -0.15) is 5.10 Å². The fourth-order valence-corrected chi connectivity index (χ4v) is 1.65. The summed E-state index contributed by atoms with van der Waals surface area (Å²) in [5.74, 6) is 0. The van der Waals surface area contributed by atoms with Crippen LogP contribution >= 0.6 is 11.6 Å². The van der Waals surface area contributed by atoms with Crippen molar-refractivity contribution >= 4 is 17.3 Å². The normalized spacial score (nSPS) is 10.6. The lowest BCUT2D eigenvalue weighted by atomic mass is 10.3. The van der Waals surface area contributed by atoms with Gasteiger partial charge in [-0.3, -0.25) is 10.1 Å². The van der Waals surface area contributed by atoms with E-state index in [0.29, 0.717) is 18.7 Å². The molecule has 1 heterocycles. The van der Waals surface area contributed by atoms with E-state index in [0.717, 1.165) is 12.8 Å². The predicted octanol–water partition coefficient (Wildman–Crippen LogP) is 2.81. The molecule has 6 heteroatoms. The molecule has 15 heavy (non-hydrogen) atoms. The van der Waals surface area contributed by atoms with Crippen molar-refractivity contribution in [3.63, 3.8) is 0 Å². The minimum atomic E-state index is -0.462. The molecule has 1 aromatic rings. The highest BCUT2D eigenvalue weighted by atomic mass is 35.5. The second-order valence-electron chi connectivity index (χ2n) is 3.27. The van der Waals surface area contributed by atoms with E-state index >= 15 is 0 Å². The van der Waals surface area contributed by atoms with Gasteiger partial charge in [-0.15, -0.1) is 0 Å². The number of hydrogen-bond donors (Lipinski definition) is 0. The Bertz CT molecular complexity index is 362. The summed E-state index contributed by atoms with van der Waals surface area (Å²) in [4.78, 5) is 10.3. The van der Waals surface area contributed by atoms with Crippen LogP contribution in [-0.4, -0.2) is 14.7 Å². The molecule has 0 amide bonds. The van der Waals surface area contributed by atoms with Gasteiger partial charge in [0, 0.05) is 6.54 Å². The average Bonchev–Trinajstić information content (AvgIpc) is 2.52. The van der Waals surface area contributed by atoms with Gasteiger partial charge in [0.1, 0.15) is 5.69 Å². The predicted molar refractivity (Wildman–Crippen MR) is 58.2 cm³/mol. The number of nitro groups is 1. The molecule has 0 aliphatic rings. The molecule has 0 spiro atoms. The van der Waals surface area contributed by atoms with E-state index in [4.69, 9.17) is 11.6 Å². The van der Waals surface area contributed by atoms with Crippen LogP contribution < -0.4 is 0 Å². The van der Waals surface area contributed by atoms with Crippen LogP contribution in [0.5, 0.6) is 0 Å². The molecule has 84 valence electrons. The maximum Gasteiger partial charge on any atom is 0.329 e. The van der Waals surface area contributed by atoms with Gasteiger partial charge in [0.15, 0.2) is 0 Å². The number of unbranched alkanes of at least 4 members (excludes halogenated alkanes) is 1. The molecule has 0 unspecified atom stereocenters. The van der Waals surface area contributed by atoms with Gasteiger partial charge in [-0.05, 0) is 12.8 Å². The molecule has 5 nitrogen and oxygen atoms in total. The highest BCUT2D eigenvalue weighted by Gasteiger charge is 2.24. The number of halogens is 1. The fourth-order valence-electron chi connectivity index (χ4n) is 1.35. The van der Waals surface area contributed by atoms with Crippen LogP contribution in [0.15, 0.2) is 0 Å². The number of aryl methyl sites for hydroxylation is 2. The van der Waals surface area contributed by atoms with Crippen LogP contribution in [0.1, 0.15) is 32.4 Å². The topological polar surface area (TPSA) is 61.0 Å². The lowest BCUT2D eigenvalue weighted by Gasteiger charge is -1.98. The lowest BCUT2D eigenvalue weighted by molar-refractivity contribution is -0.385. The van der Waals surface area contributed by atoms with Crippen LogP contribution in [0.25, 0.3) is 0 Å². The lowest BCUT2D eigenvalue weighted by Crippen LogP contribution is -2.00. The van der Waals surface area contributed by atoms with Gasteiger partial charge in [-0.25, -0.2) is 4.68 Å². The van der Waals surface area contributed by atoms with Crippen LogP contribution in [0.4, 0.5) is 5.69 Å². The molecule has 0 radical (unpaired) electrons. The van der Waals surface area contributed by atoms with Crippen LogP contribution in [0.3, 0.4) is 0 Å². The molecule has 0 aliphatic heterocycles. The largest absolute Gasteiger partial charge is 0.329 e. The Hall–Kier alpha value is -1.10. The quantitative estimate of drug-likeness (QED) is 0.578. The maximum absolute atomic E-state index is 10.8. The SMILES string of the molecule is CCCCn1nc(CC)c([N+](=O)[O-])c1Cl. The Morgan fingerprint density at radius 1 is 1.53 bits per heavy atom. The Balaban J connectivity index is 3.04. The van der Waals surface area contributed by atoms with Crippen LogP contribution in [0.2, 0.25) is 5.15 Å². The second-order valence-corrected chi connectivity index (χ2v) is 3.63. The van der Waals surface area contributed by atoms with Gasteiger partial charge in [0.25, 0.3) is 0 Å². The Kier molecular flexibility index (Phi) is 4.08. The average molecular weight is 232 g/mol. The van der Waals surface area contributed by atoms with Crippen molar-refractivity contribution in [3.8, 4) is 0 Å². The summed E-state index contributed by atoms with van der Waals surface area (Å²) >= 11 is 5.90. The van der Waals surface area contributed by atoms with Crippen LogP contribution in [0, 0.1) is 10.1 Å². The van der Waals surface area contributed by atoms with Crippen LogP contribution in [-0.2, 0) is 13.0 Å². The zero-order valence-corrected chi connectivity index (χ0v) is 9.62. The molecule has 0 saturated carbocycles. The molecule has 1 aromatic heterocycles. The molecule has 0 aromatic carbocycles. The summed E-state index contributed by atoms with van der Waals surface area (Å²) in [5.41, 5.74) is 0.413. The van der Waals surface area contributed by atoms with Crippen molar-refractivity contribution in [1.82, 2.24) is 9.78 Å². The standard InChI is InChI=1S/C9H14ClN3O2/c1-3-5-6-12-9(10)8(13(14)15)7(4-2)11-12/h3-6H2,1-2H3. The van der Waals surface area contributed by atoms with E-state index in [9.17, 15) is 10.1 Å². The molecule has 0 atom stereocenters. The van der Waals surface area contributed by atoms with E-state index in [1.165, 1.54) is 4.68 Å². The van der Waals surface area contributed by atoms with Crippen molar-refractivity contribution in [3.05, 3.63) is 21.0 Å². The third-order valence-electron chi connectivity index (χ3n) is 2.18. The molecule has 0 fully saturated rings. The molecule has 0 N–H and O–H groups in total. The smallest absolute Gasteiger partial charge is 0.258 e. The number of nitrogens with zero attached hydrogens (tertiary/aromatic N) is 3. The third-order valence-corrected chi connectivity index (χ3v) is 2.55. The van der Waals surface area contributed by atoms with Gasteiger partial charge in [0.2, 0.25) is 5.15 Å². The van der Waals surface area contributed by atoms with Crippen molar-refractivity contribution in [2.75, 3.05) is 0 Å². The van der Waals surface area contributed by atoms with Crippen molar-refractivity contribution in [1.29, 1.82) is 0 Å². The molecule has 0 saturated heterocycles. The van der Waals surface area contributed by atoms with Gasteiger partial charge in [-0.1, -0.05) is 31.9 Å². The van der Waals surface area contributed by atoms with Crippen molar-refractivity contribution in [2.24, 2.45) is 0 Å². The minimum Gasteiger partial charge on any atom is -0.258 e. The zero-order chi connectivity index (χ0) is 11.4. The summed E-state index contributed by atoms with van der Waals surface area (Å²) in [6.07, 6.45) is 2.45. The first-order valence-corrected chi connectivity index (χ1v) is 5.39. The molecular weight excluding hydrogens is 218 g/mol.